The maximum absolute atomic E-state index is 5.13. The van der Waals surface area contributed by atoms with Gasteiger partial charge in [0.25, 0.3) is 0 Å². The number of rotatable bonds is 4. The minimum Gasteiger partial charge on any atom is -0.309 e. The van der Waals surface area contributed by atoms with Crippen LogP contribution in [0.15, 0.2) is 206 Å². The second-order valence-corrected chi connectivity index (χ2v) is 15.9. The summed E-state index contributed by atoms with van der Waals surface area (Å²) in [5.41, 5.74) is 16.3. The predicted molar refractivity (Wildman–Crippen MR) is 244 cm³/mol. The monoisotopic (exact) mass is 762 g/mol. The lowest BCUT2D eigenvalue weighted by Crippen LogP contribution is -2.33. The summed E-state index contributed by atoms with van der Waals surface area (Å²) in [6.45, 7) is 0. The van der Waals surface area contributed by atoms with E-state index in [1.807, 2.05) is 36.4 Å². The fourth-order valence-electron chi connectivity index (χ4n) is 10.4. The SMILES string of the molecule is c1ccc(-c2nc(-c3ccccc3)nc(-c3cccc4c(-c5ccc6c(c5)-n5c7ccccc7c7cccc(c75)C65c6ccccc6-c6ccccc65)cccc34)n2)cc1. The number of hydrogen-bond donors (Lipinski definition) is 0. The highest BCUT2D eigenvalue weighted by Gasteiger charge is 2.50. The molecule has 0 N–H and O–H groups in total. The summed E-state index contributed by atoms with van der Waals surface area (Å²) in [5, 5.41) is 4.77. The van der Waals surface area contributed by atoms with Crippen molar-refractivity contribution in [2.24, 2.45) is 0 Å². The van der Waals surface area contributed by atoms with E-state index in [0.717, 1.165) is 38.6 Å². The molecule has 0 amide bonds. The number of hydrogen-bond acceptors (Lipinski definition) is 3. The molecule has 1 spiro atoms. The quantitative estimate of drug-likeness (QED) is 0.179. The molecule has 0 bridgehead atoms. The Hall–Kier alpha value is -7.95. The van der Waals surface area contributed by atoms with Crippen molar-refractivity contribution in [2.75, 3.05) is 0 Å². The van der Waals surface area contributed by atoms with E-state index in [0.29, 0.717) is 17.5 Å². The standard InChI is InChI=1S/C56H34N4/c1-3-16-35(17-4-1)53-57-54(36-18-5-2-6-19-36)59-55(58-53)45-27-14-24-39-38(23-13-25-40(39)45)37-32-33-48-51(34-37)60-50-31-12-9-22-43(50)44-26-15-30-49(52(44)60)56(48)46-28-10-7-20-41(46)42-21-8-11-29-47(42)56/h1-34H. The highest BCUT2D eigenvalue weighted by Crippen LogP contribution is 2.61. The molecule has 3 heterocycles. The average molecular weight is 763 g/mol. The van der Waals surface area contributed by atoms with Gasteiger partial charge in [0.15, 0.2) is 17.5 Å². The molecule has 60 heavy (non-hydrogen) atoms. The number of nitrogens with zero attached hydrogens (tertiary/aromatic N) is 4. The molecular weight excluding hydrogens is 729 g/mol. The summed E-state index contributed by atoms with van der Waals surface area (Å²) in [4.78, 5) is 15.2. The van der Waals surface area contributed by atoms with Gasteiger partial charge in [-0.15, -0.1) is 0 Å². The zero-order chi connectivity index (χ0) is 39.4. The smallest absolute Gasteiger partial charge is 0.164 e. The van der Waals surface area contributed by atoms with Gasteiger partial charge in [0, 0.05) is 27.5 Å². The van der Waals surface area contributed by atoms with Crippen LogP contribution in [0.25, 0.3) is 94.7 Å². The molecule has 13 rings (SSSR count). The highest BCUT2D eigenvalue weighted by molar-refractivity contribution is 6.13. The largest absolute Gasteiger partial charge is 0.309 e. The maximum atomic E-state index is 5.13. The van der Waals surface area contributed by atoms with Crippen LogP contribution in [0, 0.1) is 0 Å². The van der Waals surface area contributed by atoms with Gasteiger partial charge >= 0.3 is 0 Å². The van der Waals surface area contributed by atoms with Crippen molar-refractivity contribution in [3.63, 3.8) is 0 Å². The van der Waals surface area contributed by atoms with Gasteiger partial charge in [0.05, 0.1) is 22.1 Å². The van der Waals surface area contributed by atoms with Crippen molar-refractivity contribution in [1.29, 1.82) is 0 Å². The average Bonchev–Trinajstić information content (AvgIpc) is 3.82. The second kappa shape index (κ2) is 12.5. The maximum Gasteiger partial charge on any atom is 0.164 e. The third kappa shape index (κ3) is 4.47. The molecule has 0 saturated carbocycles. The fraction of sp³-hybridized carbons (Fsp3) is 0.0179. The van der Waals surface area contributed by atoms with Crippen LogP contribution in [0.1, 0.15) is 22.3 Å². The van der Waals surface area contributed by atoms with Gasteiger partial charge in [-0.1, -0.05) is 194 Å². The Labute approximate surface area is 346 Å². The predicted octanol–water partition coefficient (Wildman–Crippen LogP) is 13.5. The second-order valence-electron chi connectivity index (χ2n) is 15.9. The first kappa shape index (κ1) is 33.1. The minimum absolute atomic E-state index is 0.484. The molecule has 1 aliphatic carbocycles. The first-order chi connectivity index (χ1) is 29.8. The summed E-state index contributed by atoms with van der Waals surface area (Å²) in [6, 6.07) is 74.5. The molecule has 0 radical (unpaired) electrons. The van der Waals surface area contributed by atoms with Crippen LogP contribution in [-0.4, -0.2) is 19.5 Å². The molecule has 4 nitrogen and oxygen atoms in total. The molecule has 2 aliphatic rings. The van der Waals surface area contributed by atoms with Crippen LogP contribution in [0.3, 0.4) is 0 Å². The Kier molecular flexibility index (Phi) is 6.90. The summed E-state index contributed by atoms with van der Waals surface area (Å²) in [6.07, 6.45) is 0. The van der Waals surface area contributed by atoms with Gasteiger partial charge in [-0.25, -0.2) is 15.0 Å². The van der Waals surface area contributed by atoms with E-state index >= 15 is 0 Å². The van der Waals surface area contributed by atoms with Gasteiger partial charge in [0.2, 0.25) is 0 Å². The van der Waals surface area contributed by atoms with Crippen LogP contribution in [0.5, 0.6) is 0 Å². The van der Waals surface area contributed by atoms with Crippen LogP contribution in [0.4, 0.5) is 0 Å². The number of para-hydroxylation sites is 2. The number of fused-ring (bicyclic) bond motifs is 13. The first-order valence-corrected chi connectivity index (χ1v) is 20.5. The Morgan fingerprint density at radius 2 is 0.817 bits per heavy atom. The highest BCUT2D eigenvalue weighted by atomic mass is 15.0. The van der Waals surface area contributed by atoms with Crippen molar-refractivity contribution in [3.8, 4) is 62.1 Å². The van der Waals surface area contributed by atoms with Crippen LogP contribution in [-0.2, 0) is 5.41 Å². The molecule has 11 aromatic rings. The van der Waals surface area contributed by atoms with Crippen LogP contribution < -0.4 is 0 Å². The normalized spacial score (nSPS) is 13.1. The first-order valence-electron chi connectivity index (χ1n) is 20.5. The zero-order valence-corrected chi connectivity index (χ0v) is 32.4. The molecule has 2 aromatic heterocycles. The zero-order valence-electron chi connectivity index (χ0n) is 32.4. The van der Waals surface area contributed by atoms with E-state index < -0.39 is 5.41 Å². The van der Waals surface area contributed by atoms with E-state index in [2.05, 4.69) is 174 Å². The Bertz CT molecular complexity index is 3440. The summed E-state index contributed by atoms with van der Waals surface area (Å²) in [5.74, 6) is 1.95. The van der Waals surface area contributed by atoms with Crippen molar-refractivity contribution >= 4 is 32.6 Å². The van der Waals surface area contributed by atoms with E-state index in [-0.39, 0.29) is 0 Å². The molecule has 4 heteroatoms. The van der Waals surface area contributed by atoms with Gasteiger partial charge in [0.1, 0.15) is 0 Å². The summed E-state index contributed by atoms with van der Waals surface area (Å²) >= 11 is 0. The Morgan fingerprint density at radius 1 is 0.317 bits per heavy atom. The molecule has 1 aliphatic heterocycles. The Balaban J connectivity index is 1.07. The van der Waals surface area contributed by atoms with Gasteiger partial charge in [-0.05, 0) is 67.4 Å². The number of aromatic nitrogens is 4. The molecular formula is C56H34N4. The van der Waals surface area contributed by atoms with Gasteiger partial charge in [-0.2, -0.15) is 0 Å². The Morgan fingerprint density at radius 3 is 1.52 bits per heavy atom. The van der Waals surface area contributed by atoms with Crippen LogP contribution in [0.2, 0.25) is 0 Å². The lowest BCUT2D eigenvalue weighted by atomic mass is 9.65. The third-order valence-corrected chi connectivity index (χ3v) is 12.9. The molecule has 0 atom stereocenters. The molecule has 0 fully saturated rings. The van der Waals surface area contributed by atoms with Crippen molar-refractivity contribution < 1.29 is 0 Å². The van der Waals surface area contributed by atoms with E-state index in [4.69, 9.17) is 15.0 Å². The lowest BCUT2D eigenvalue weighted by Gasteiger charge is -2.39. The lowest BCUT2D eigenvalue weighted by molar-refractivity contribution is 0.749. The van der Waals surface area contributed by atoms with Crippen molar-refractivity contribution in [1.82, 2.24) is 19.5 Å². The topological polar surface area (TPSA) is 43.6 Å². The van der Waals surface area contributed by atoms with Gasteiger partial charge < -0.3 is 4.57 Å². The van der Waals surface area contributed by atoms with Gasteiger partial charge in [-0.3, -0.25) is 0 Å². The van der Waals surface area contributed by atoms with E-state index in [1.165, 1.54) is 60.9 Å². The van der Waals surface area contributed by atoms with E-state index in [9.17, 15) is 0 Å². The van der Waals surface area contributed by atoms with Crippen molar-refractivity contribution in [3.05, 3.63) is 229 Å². The number of benzene rings is 9. The molecule has 0 unspecified atom stereocenters. The van der Waals surface area contributed by atoms with E-state index in [1.54, 1.807) is 0 Å². The molecule has 9 aromatic carbocycles. The summed E-state index contributed by atoms with van der Waals surface area (Å²) < 4.78 is 2.53. The minimum atomic E-state index is -0.484. The third-order valence-electron chi connectivity index (χ3n) is 12.9. The summed E-state index contributed by atoms with van der Waals surface area (Å²) in [7, 11) is 0. The molecule has 278 valence electrons. The van der Waals surface area contributed by atoms with Crippen molar-refractivity contribution in [2.45, 2.75) is 5.41 Å². The fourth-order valence-corrected chi connectivity index (χ4v) is 10.4. The van der Waals surface area contributed by atoms with Crippen LogP contribution >= 0.6 is 0 Å². The molecule has 0 saturated heterocycles.